The van der Waals surface area contributed by atoms with Crippen molar-refractivity contribution in [2.24, 2.45) is 0 Å². The van der Waals surface area contributed by atoms with Crippen LogP contribution in [0.1, 0.15) is 31.4 Å². The van der Waals surface area contributed by atoms with Gasteiger partial charge in [-0.1, -0.05) is 42.5 Å². The van der Waals surface area contributed by atoms with Gasteiger partial charge in [-0.05, 0) is 55.5 Å². The Morgan fingerprint density at radius 1 is 1.03 bits per heavy atom. The summed E-state index contributed by atoms with van der Waals surface area (Å²) in [5, 5.41) is 5.34. The number of anilines is 1. The van der Waals surface area contributed by atoms with Crippen molar-refractivity contribution < 1.29 is 14.3 Å². The number of ether oxygens (including phenoxy) is 2. The molecule has 1 N–H and O–H groups in total. The van der Waals surface area contributed by atoms with Crippen molar-refractivity contribution in [1.29, 1.82) is 0 Å². The molecule has 30 heavy (non-hydrogen) atoms. The van der Waals surface area contributed by atoms with Gasteiger partial charge in [0, 0.05) is 17.1 Å². The van der Waals surface area contributed by atoms with E-state index in [2.05, 4.69) is 34.5 Å². The number of rotatable bonds is 4. The number of fused-ring (bicyclic) bond motifs is 2. The third-order valence-electron chi connectivity index (χ3n) is 6.17. The van der Waals surface area contributed by atoms with E-state index in [-0.39, 0.29) is 18.0 Å². The van der Waals surface area contributed by atoms with Crippen LogP contribution in [0.2, 0.25) is 0 Å². The molecule has 3 aromatic carbocycles. The minimum atomic E-state index is -0.232. The molecule has 1 saturated heterocycles. The molecule has 3 aromatic rings. The van der Waals surface area contributed by atoms with E-state index in [0.717, 1.165) is 47.3 Å². The highest BCUT2D eigenvalue weighted by Gasteiger charge is 2.33. The average Bonchev–Trinajstić information content (AvgIpc) is 3.28. The summed E-state index contributed by atoms with van der Waals surface area (Å²) in [5.41, 5.74) is 2.04. The minimum absolute atomic E-state index is 0.0239. The van der Waals surface area contributed by atoms with Gasteiger partial charge in [-0.25, -0.2) is 0 Å². The molecule has 5 rings (SSSR count). The predicted octanol–water partition coefficient (Wildman–Crippen LogP) is 4.78. The zero-order valence-corrected chi connectivity index (χ0v) is 17.1. The van der Waals surface area contributed by atoms with Crippen LogP contribution < -0.4 is 14.8 Å². The number of hydrogen-bond acceptors (Lipinski definition) is 4. The average molecular weight is 402 g/mol. The molecule has 1 amide bonds. The predicted molar refractivity (Wildman–Crippen MR) is 118 cm³/mol. The molecule has 2 heterocycles. The van der Waals surface area contributed by atoms with Crippen molar-refractivity contribution >= 4 is 22.4 Å². The summed E-state index contributed by atoms with van der Waals surface area (Å²) in [6.45, 7) is 4.07. The number of nitrogens with zero attached hydrogens (tertiary/aromatic N) is 1. The molecular weight excluding hydrogens is 376 g/mol. The van der Waals surface area contributed by atoms with E-state index >= 15 is 0 Å². The molecule has 0 unspecified atom stereocenters. The molecule has 0 saturated carbocycles. The van der Waals surface area contributed by atoms with Crippen molar-refractivity contribution in [3.05, 3.63) is 66.2 Å². The number of nitrogens with one attached hydrogen (secondary N) is 1. The first kappa shape index (κ1) is 18.9. The normalized spacial score (nSPS) is 19.6. The van der Waals surface area contributed by atoms with Gasteiger partial charge in [0.2, 0.25) is 5.91 Å². The number of hydrogen-bond donors (Lipinski definition) is 1. The van der Waals surface area contributed by atoms with Gasteiger partial charge in [0.1, 0.15) is 13.2 Å². The summed E-state index contributed by atoms with van der Waals surface area (Å²) in [5.74, 6) is 1.63. The molecular formula is C25H26N2O3. The topological polar surface area (TPSA) is 50.8 Å². The van der Waals surface area contributed by atoms with E-state index in [1.165, 1.54) is 5.56 Å². The van der Waals surface area contributed by atoms with Gasteiger partial charge in [0.05, 0.1) is 6.04 Å². The number of carbonyl (C=O) groups is 1. The first-order valence-electron chi connectivity index (χ1n) is 10.6. The van der Waals surface area contributed by atoms with Crippen LogP contribution in [0.3, 0.4) is 0 Å². The summed E-state index contributed by atoms with van der Waals surface area (Å²) < 4.78 is 11.4. The second kappa shape index (κ2) is 8.00. The molecule has 2 aliphatic rings. The summed E-state index contributed by atoms with van der Waals surface area (Å²) in [6, 6.07) is 20.3. The fraction of sp³-hybridized carbons (Fsp3) is 0.320. The Bertz CT molecular complexity index is 1080. The van der Waals surface area contributed by atoms with Gasteiger partial charge in [0.15, 0.2) is 11.5 Å². The number of benzene rings is 3. The van der Waals surface area contributed by atoms with E-state index in [9.17, 15) is 4.79 Å². The molecule has 2 atom stereocenters. The van der Waals surface area contributed by atoms with Gasteiger partial charge in [-0.15, -0.1) is 0 Å². The minimum Gasteiger partial charge on any atom is -0.486 e. The fourth-order valence-electron chi connectivity index (χ4n) is 4.60. The van der Waals surface area contributed by atoms with Crippen LogP contribution in [0.25, 0.3) is 10.8 Å². The molecule has 2 aliphatic heterocycles. The molecule has 0 aliphatic carbocycles. The maximum Gasteiger partial charge on any atom is 0.241 e. The highest BCUT2D eigenvalue weighted by molar-refractivity contribution is 6.03. The van der Waals surface area contributed by atoms with E-state index in [0.29, 0.717) is 13.2 Å². The summed E-state index contributed by atoms with van der Waals surface area (Å²) in [6.07, 6.45) is 2.11. The van der Waals surface area contributed by atoms with E-state index in [1.807, 2.05) is 43.3 Å². The second-order valence-corrected chi connectivity index (χ2v) is 7.99. The van der Waals surface area contributed by atoms with Crippen LogP contribution in [-0.2, 0) is 4.79 Å². The van der Waals surface area contributed by atoms with Crippen molar-refractivity contribution in [3.8, 4) is 11.5 Å². The molecule has 5 nitrogen and oxygen atoms in total. The van der Waals surface area contributed by atoms with Gasteiger partial charge in [0.25, 0.3) is 0 Å². The van der Waals surface area contributed by atoms with Crippen LogP contribution in [0.5, 0.6) is 11.5 Å². The fourth-order valence-corrected chi connectivity index (χ4v) is 4.60. The first-order chi connectivity index (χ1) is 14.7. The molecule has 1 fully saturated rings. The summed E-state index contributed by atoms with van der Waals surface area (Å²) in [7, 11) is 0. The smallest absolute Gasteiger partial charge is 0.241 e. The van der Waals surface area contributed by atoms with E-state index in [1.54, 1.807) is 0 Å². The summed E-state index contributed by atoms with van der Waals surface area (Å²) >= 11 is 0. The number of likely N-dealkylation sites (tertiary alicyclic amines) is 1. The monoisotopic (exact) mass is 402 g/mol. The second-order valence-electron chi connectivity index (χ2n) is 7.99. The van der Waals surface area contributed by atoms with Crippen LogP contribution in [0.15, 0.2) is 60.7 Å². The van der Waals surface area contributed by atoms with Gasteiger partial charge >= 0.3 is 0 Å². The van der Waals surface area contributed by atoms with Gasteiger partial charge in [-0.2, -0.15) is 0 Å². The van der Waals surface area contributed by atoms with Gasteiger partial charge < -0.3 is 14.8 Å². The molecule has 5 heteroatoms. The Morgan fingerprint density at radius 2 is 1.83 bits per heavy atom. The van der Waals surface area contributed by atoms with Crippen molar-refractivity contribution in [2.45, 2.75) is 31.8 Å². The largest absolute Gasteiger partial charge is 0.486 e. The Hall–Kier alpha value is -3.05. The maximum absolute atomic E-state index is 13.2. The number of amides is 1. The maximum atomic E-state index is 13.2. The Balaban J connectivity index is 1.35. The van der Waals surface area contributed by atoms with Crippen LogP contribution in [0, 0.1) is 0 Å². The standard InChI is InChI=1S/C25H26N2O3/c1-17(25(28)26-21-9-4-7-18-6-2-3-8-20(18)21)27-13-5-10-22(27)19-11-12-23-24(16-19)30-15-14-29-23/h2-4,6-9,11-12,16-17,22H,5,10,13-15H2,1H3,(H,26,28)/t17-,22-/m0/s1. The zero-order valence-electron chi connectivity index (χ0n) is 17.1. The van der Waals surface area contributed by atoms with Crippen LogP contribution in [0.4, 0.5) is 5.69 Å². The number of carbonyl (C=O) groups excluding carboxylic acids is 1. The molecule has 0 aromatic heterocycles. The zero-order chi connectivity index (χ0) is 20.5. The Labute approximate surface area is 176 Å². The van der Waals surface area contributed by atoms with Crippen molar-refractivity contribution in [2.75, 3.05) is 25.1 Å². The molecule has 154 valence electrons. The lowest BCUT2D eigenvalue weighted by Crippen LogP contribution is -2.41. The van der Waals surface area contributed by atoms with Gasteiger partial charge in [-0.3, -0.25) is 9.69 Å². The summed E-state index contributed by atoms with van der Waals surface area (Å²) in [4.78, 5) is 15.5. The molecule has 0 spiro atoms. The van der Waals surface area contributed by atoms with Crippen LogP contribution in [-0.4, -0.2) is 36.6 Å². The lowest BCUT2D eigenvalue weighted by atomic mass is 10.0. The van der Waals surface area contributed by atoms with Crippen LogP contribution >= 0.6 is 0 Å². The van der Waals surface area contributed by atoms with E-state index in [4.69, 9.17) is 9.47 Å². The first-order valence-corrected chi connectivity index (χ1v) is 10.6. The third-order valence-corrected chi connectivity index (χ3v) is 6.17. The molecule has 0 bridgehead atoms. The molecule has 0 radical (unpaired) electrons. The SMILES string of the molecule is C[C@@H](C(=O)Nc1cccc2ccccc12)N1CCC[C@H]1c1ccc2c(c1)OCCO2. The Kier molecular flexibility index (Phi) is 5.05. The quantitative estimate of drug-likeness (QED) is 0.683. The third kappa shape index (κ3) is 3.50. The van der Waals surface area contributed by atoms with Crippen molar-refractivity contribution in [3.63, 3.8) is 0 Å². The van der Waals surface area contributed by atoms with E-state index < -0.39 is 0 Å². The lowest BCUT2D eigenvalue weighted by molar-refractivity contribution is -0.121. The van der Waals surface area contributed by atoms with Crippen molar-refractivity contribution in [1.82, 2.24) is 4.90 Å². The lowest BCUT2D eigenvalue weighted by Gasteiger charge is -2.31. The Morgan fingerprint density at radius 3 is 2.73 bits per heavy atom. The highest BCUT2D eigenvalue weighted by atomic mass is 16.6. The highest BCUT2D eigenvalue weighted by Crippen LogP contribution is 2.39.